The average molecular weight is 442 g/mol. The molecule has 1 aliphatic heterocycles. The number of hydrogen-bond acceptors (Lipinski definition) is 7. The number of fused-ring (bicyclic) bond motifs is 2. The maximum absolute atomic E-state index is 13.0. The van der Waals surface area contributed by atoms with Gasteiger partial charge < -0.3 is 15.2 Å². The van der Waals surface area contributed by atoms with Gasteiger partial charge in [0.1, 0.15) is 28.3 Å². The summed E-state index contributed by atoms with van der Waals surface area (Å²) >= 11 is 7.66. The van der Waals surface area contributed by atoms with E-state index in [1.165, 1.54) is 0 Å². The van der Waals surface area contributed by atoms with E-state index in [9.17, 15) is 4.79 Å². The van der Waals surface area contributed by atoms with Crippen LogP contribution in [0.1, 0.15) is 17.8 Å². The number of para-hydroxylation sites is 1. The van der Waals surface area contributed by atoms with E-state index in [0.29, 0.717) is 32.5 Å². The lowest BCUT2D eigenvalue weighted by Crippen LogP contribution is -2.59. The third kappa shape index (κ3) is 3.38. The smallest absolute Gasteiger partial charge is 0.242 e. The van der Waals surface area contributed by atoms with Crippen LogP contribution in [0.4, 0.5) is 5.82 Å². The molecule has 0 spiro atoms. The highest BCUT2D eigenvalue weighted by Gasteiger charge is 2.41. The Morgan fingerprint density at radius 3 is 2.87 bits per heavy atom. The molecule has 8 nitrogen and oxygen atoms in total. The van der Waals surface area contributed by atoms with E-state index in [1.807, 2.05) is 36.5 Å². The molecule has 154 valence electrons. The molecule has 3 N–H and O–H groups in total. The summed E-state index contributed by atoms with van der Waals surface area (Å²) in [6.07, 6.45) is 4.55. The van der Waals surface area contributed by atoms with Crippen molar-refractivity contribution >= 4 is 56.1 Å². The van der Waals surface area contributed by atoms with Crippen molar-refractivity contribution < 1.29 is 4.79 Å². The summed E-state index contributed by atoms with van der Waals surface area (Å²) < 4.78 is 1.11. The Hall–Kier alpha value is -2.75. The summed E-state index contributed by atoms with van der Waals surface area (Å²) in [6.45, 7) is 1.70. The van der Waals surface area contributed by atoms with Crippen molar-refractivity contribution in [3.05, 3.63) is 47.9 Å². The third-order valence-corrected chi connectivity index (χ3v) is 7.00. The Labute approximate surface area is 181 Å². The van der Waals surface area contributed by atoms with Crippen molar-refractivity contribution in [3.63, 3.8) is 0 Å². The van der Waals surface area contributed by atoms with Gasteiger partial charge >= 0.3 is 0 Å². The summed E-state index contributed by atoms with van der Waals surface area (Å²) in [5, 5.41) is 4.87. The number of piperidine rings is 1. The molecule has 4 aromatic rings. The highest BCUT2D eigenvalue weighted by Crippen LogP contribution is 2.30. The van der Waals surface area contributed by atoms with E-state index < -0.39 is 5.54 Å². The number of H-pyrrole nitrogens is 1. The zero-order chi connectivity index (χ0) is 20.6. The Balaban J connectivity index is 1.26. The van der Waals surface area contributed by atoms with Crippen LogP contribution in [0, 0.1) is 0 Å². The first-order valence-electron chi connectivity index (χ1n) is 9.72. The number of rotatable bonds is 5. The minimum Gasteiger partial charge on any atom is -0.356 e. The first-order chi connectivity index (χ1) is 14.7. The summed E-state index contributed by atoms with van der Waals surface area (Å²) in [7, 11) is 0. The van der Waals surface area contributed by atoms with Crippen molar-refractivity contribution in [2.75, 3.05) is 18.0 Å². The number of carbonyl (C=O) groups is 1. The number of carbonyl (C=O) groups excluding carboxylic acids is 1. The maximum Gasteiger partial charge on any atom is 0.242 e. The number of amides is 1. The van der Waals surface area contributed by atoms with Gasteiger partial charge in [-0.15, -0.1) is 11.3 Å². The van der Waals surface area contributed by atoms with Gasteiger partial charge in [0.2, 0.25) is 5.91 Å². The monoisotopic (exact) mass is 441 g/mol. The van der Waals surface area contributed by atoms with E-state index in [0.717, 1.165) is 32.1 Å². The highest BCUT2D eigenvalue weighted by atomic mass is 35.5. The molecule has 5 rings (SSSR count). The van der Waals surface area contributed by atoms with Crippen LogP contribution >= 0.6 is 23.1 Å². The van der Waals surface area contributed by atoms with Gasteiger partial charge in [0.15, 0.2) is 0 Å². The molecular weight excluding hydrogens is 422 g/mol. The van der Waals surface area contributed by atoms with Crippen LogP contribution in [0.15, 0.2) is 42.9 Å². The standard InChI is InChI=1S/C20H20ClN7OS/c21-27-20(19(29)23-11-16-26-14-3-1-2-4-15(14)30-16)6-9-28(10-7-20)18-13-5-8-22-17(13)24-12-25-18/h1-5,8,12,27H,6-7,9-11H2,(H,23,29)(H,22,24,25). The molecule has 0 unspecified atom stereocenters. The predicted molar refractivity (Wildman–Crippen MR) is 119 cm³/mol. The molecule has 10 heteroatoms. The predicted octanol–water partition coefficient (Wildman–Crippen LogP) is 2.97. The second-order valence-corrected chi connectivity index (χ2v) is 8.66. The normalized spacial score (nSPS) is 16.2. The SMILES string of the molecule is O=C(NCc1nc2ccccc2s1)C1(NCl)CCN(c2ncnc3[nH]ccc23)CC1. The van der Waals surface area contributed by atoms with Gasteiger partial charge in [-0.25, -0.2) is 19.8 Å². The highest BCUT2D eigenvalue weighted by molar-refractivity contribution is 7.18. The van der Waals surface area contributed by atoms with Crippen molar-refractivity contribution in [1.82, 2.24) is 30.1 Å². The minimum atomic E-state index is -0.820. The Morgan fingerprint density at radius 1 is 1.23 bits per heavy atom. The molecule has 0 radical (unpaired) electrons. The van der Waals surface area contributed by atoms with E-state index in [-0.39, 0.29) is 5.91 Å². The molecule has 1 aromatic carbocycles. The van der Waals surface area contributed by atoms with Gasteiger partial charge in [0, 0.05) is 19.3 Å². The van der Waals surface area contributed by atoms with Gasteiger partial charge in [-0.2, -0.15) is 0 Å². The van der Waals surface area contributed by atoms with Crippen molar-refractivity contribution in [1.29, 1.82) is 0 Å². The summed E-state index contributed by atoms with van der Waals surface area (Å²) in [6, 6.07) is 9.93. The van der Waals surface area contributed by atoms with Crippen molar-refractivity contribution in [2.24, 2.45) is 0 Å². The number of benzene rings is 1. The number of halogens is 1. The maximum atomic E-state index is 13.0. The van der Waals surface area contributed by atoms with Crippen LogP contribution in [0.25, 0.3) is 21.3 Å². The van der Waals surface area contributed by atoms with Crippen molar-refractivity contribution in [3.8, 4) is 0 Å². The number of thiazole rings is 1. The molecule has 1 fully saturated rings. The molecule has 0 bridgehead atoms. The number of nitrogens with one attached hydrogen (secondary N) is 3. The molecule has 4 heterocycles. The fourth-order valence-electron chi connectivity index (χ4n) is 3.90. The van der Waals surface area contributed by atoms with E-state index in [2.05, 4.69) is 35.0 Å². The molecule has 1 aliphatic rings. The first-order valence-corrected chi connectivity index (χ1v) is 10.9. The molecule has 0 aliphatic carbocycles. The second-order valence-electron chi connectivity index (χ2n) is 7.36. The topological polar surface area (TPSA) is 98.8 Å². The Kier molecular flexibility index (Phi) is 5.01. The number of aromatic nitrogens is 4. The summed E-state index contributed by atoms with van der Waals surface area (Å²) in [5.41, 5.74) is 0.936. The van der Waals surface area contributed by atoms with Gasteiger partial charge in [-0.1, -0.05) is 12.1 Å². The van der Waals surface area contributed by atoms with Gasteiger partial charge in [-0.3, -0.25) is 4.79 Å². The number of anilines is 1. The molecular formula is C20H20ClN7OS. The van der Waals surface area contributed by atoms with Gasteiger partial charge in [0.05, 0.1) is 22.1 Å². The van der Waals surface area contributed by atoms with Gasteiger partial charge in [0.25, 0.3) is 0 Å². The van der Waals surface area contributed by atoms with Crippen molar-refractivity contribution in [2.45, 2.75) is 24.9 Å². The van der Waals surface area contributed by atoms with Crippen LogP contribution in [0.3, 0.4) is 0 Å². The lowest BCUT2D eigenvalue weighted by atomic mass is 9.87. The first kappa shape index (κ1) is 19.2. The lowest BCUT2D eigenvalue weighted by molar-refractivity contribution is -0.127. The zero-order valence-electron chi connectivity index (χ0n) is 16.1. The molecule has 1 amide bonds. The number of hydrogen-bond donors (Lipinski definition) is 3. The number of aromatic amines is 1. The largest absolute Gasteiger partial charge is 0.356 e. The fourth-order valence-corrected chi connectivity index (χ4v) is 5.08. The minimum absolute atomic E-state index is 0.106. The molecule has 0 saturated carbocycles. The summed E-state index contributed by atoms with van der Waals surface area (Å²) in [5.74, 6) is 0.769. The summed E-state index contributed by atoms with van der Waals surface area (Å²) in [4.78, 5) is 34.3. The van der Waals surface area contributed by atoms with Crippen LogP contribution in [0.5, 0.6) is 0 Å². The van der Waals surface area contributed by atoms with Crippen LogP contribution in [0.2, 0.25) is 0 Å². The lowest BCUT2D eigenvalue weighted by Gasteiger charge is -2.40. The van der Waals surface area contributed by atoms with E-state index >= 15 is 0 Å². The molecule has 0 atom stereocenters. The average Bonchev–Trinajstić information content (AvgIpc) is 3.44. The molecule has 1 saturated heterocycles. The quantitative estimate of drug-likeness (QED) is 0.412. The Morgan fingerprint density at radius 2 is 2.07 bits per heavy atom. The van der Waals surface area contributed by atoms with Crippen LogP contribution < -0.4 is 15.1 Å². The fraction of sp³-hybridized carbons (Fsp3) is 0.300. The Bertz CT molecular complexity index is 1170. The number of nitrogens with zero attached hydrogens (tertiary/aromatic N) is 4. The van der Waals surface area contributed by atoms with Gasteiger partial charge in [-0.05, 0) is 42.8 Å². The van der Waals surface area contributed by atoms with Crippen LogP contribution in [-0.2, 0) is 11.3 Å². The second kappa shape index (κ2) is 7.82. The van der Waals surface area contributed by atoms with E-state index in [4.69, 9.17) is 11.8 Å². The zero-order valence-corrected chi connectivity index (χ0v) is 17.6. The molecule has 30 heavy (non-hydrogen) atoms. The van der Waals surface area contributed by atoms with Crippen LogP contribution in [-0.4, -0.2) is 44.5 Å². The van der Waals surface area contributed by atoms with E-state index in [1.54, 1.807) is 17.7 Å². The molecule has 3 aromatic heterocycles. The third-order valence-electron chi connectivity index (χ3n) is 5.60.